The molecule has 4 nitrogen and oxygen atoms in total. The Balaban J connectivity index is 2.05. The van der Waals surface area contributed by atoms with Crippen molar-refractivity contribution in [3.8, 4) is 0 Å². The molecule has 0 aromatic carbocycles. The number of ether oxygens (including phenoxy) is 1. The number of rotatable bonds is 8. The van der Waals surface area contributed by atoms with Gasteiger partial charge in [-0.1, -0.05) is 20.8 Å². The second-order valence-electron chi connectivity index (χ2n) is 5.29. The van der Waals surface area contributed by atoms with Crippen LogP contribution >= 0.6 is 11.3 Å². The second-order valence-corrected chi connectivity index (χ2v) is 6.18. The zero-order valence-electron chi connectivity index (χ0n) is 12.5. The minimum Gasteiger partial charge on any atom is -0.373 e. The fourth-order valence-corrected chi connectivity index (χ4v) is 2.61. The van der Waals surface area contributed by atoms with Gasteiger partial charge in [-0.2, -0.15) is 0 Å². The van der Waals surface area contributed by atoms with Crippen LogP contribution in [0.4, 0.5) is 5.82 Å². The predicted molar refractivity (Wildman–Crippen MR) is 85.3 cm³/mol. The summed E-state index contributed by atoms with van der Waals surface area (Å²) < 4.78 is 5.67. The highest BCUT2D eigenvalue weighted by atomic mass is 32.1. The molecule has 0 saturated carbocycles. The Morgan fingerprint density at radius 2 is 2.20 bits per heavy atom. The van der Waals surface area contributed by atoms with E-state index < -0.39 is 0 Å². The molecule has 20 heavy (non-hydrogen) atoms. The highest BCUT2D eigenvalue weighted by Crippen LogP contribution is 2.25. The number of hydrogen-bond acceptors (Lipinski definition) is 5. The molecule has 5 heteroatoms. The SMILES string of the molecule is CCCNc1nc(COCCC(C)C)nc2sccc12. The standard InChI is InChI=1S/C15H23N3OS/c1-4-7-16-14-12-6-9-20-15(12)18-13(17-14)10-19-8-5-11(2)3/h6,9,11H,4-5,7-8,10H2,1-3H3,(H,16,17,18). The van der Waals surface area contributed by atoms with Gasteiger partial charge in [0.1, 0.15) is 17.3 Å². The molecule has 0 amide bonds. The van der Waals surface area contributed by atoms with E-state index in [2.05, 4.69) is 47.5 Å². The summed E-state index contributed by atoms with van der Waals surface area (Å²) >= 11 is 1.65. The first kappa shape index (κ1) is 15.2. The summed E-state index contributed by atoms with van der Waals surface area (Å²) in [5, 5.41) is 6.53. The molecule has 2 rings (SSSR count). The van der Waals surface area contributed by atoms with Gasteiger partial charge in [-0.25, -0.2) is 9.97 Å². The van der Waals surface area contributed by atoms with E-state index in [1.165, 1.54) is 0 Å². The average Bonchev–Trinajstić information content (AvgIpc) is 2.89. The monoisotopic (exact) mass is 293 g/mol. The fourth-order valence-electron chi connectivity index (χ4n) is 1.82. The predicted octanol–water partition coefficient (Wildman–Crippen LogP) is 4.08. The number of hydrogen-bond donors (Lipinski definition) is 1. The van der Waals surface area contributed by atoms with Gasteiger partial charge in [0, 0.05) is 13.2 Å². The van der Waals surface area contributed by atoms with Gasteiger partial charge >= 0.3 is 0 Å². The third kappa shape index (κ3) is 4.15. The van der Waals surface area contributed by atoms with E-state index in [0.29, 0.717) is 12.5 Å². The van der Waals surface area contributed by atoms with E-state index in [4.69, 9.17) is 4.74 Å². The van der Waals surface area contributed by atoms with Gasteiger partial charge in [0.25, 0.3) is 0 Å². The Hall–Kier alpha value is -1.20. The number of thiophene rings is 1. The van der Waals surface area contributed by atoms with Crippen molar-refractivity contribution in [1.29, 1.82) is 0 Å². The van der Waals surface area contributed by atoms with Crippen molar-refractivity contribution in [3.05, 3.63) is 17.3 Å². The molecule has 0 unspecified atom stereocenters. The first-order chi connectivity index (χ1) is 9.70. The molecule has 0 atom stereocenters. The smallest absolute Gasteiger partial charge is 0.158 e. The highest BCUT2D eigenvalue weighted by Gasteiger charge is 2.08. The fraction of sp³-hybridized carbons (Fsp3) is 0.600. The van der Waals surface area contributed by atoms with Gasteiger partial charge < -0.3 is 10.1 Å². The van der Waals surface area contributed by atoms with Crippen molar-refractivity contribution in [2.45, 2.75) is 40.2 Å². The molecule has 2 aromatic heterocycles. The molecule has 0 aliphatic carbocycles. The third-order valence-electron chi connectivity index (χ3n) is 2.98. The van der Waals surface area contributed by atoms with Crippen LogP contribution in [0.5, 0.6) is 0 Å². The lowest BCUT2D eigenvalue weighted by Gasteiger charge is -2.09. The summed E-state index contributed by atoms with van der Waals surface area (Å²) in [6.45, 7) is 8.72. The molecule has 0 radical (unpaired) electrons. The molecular weight excluding hydrogens is 270 g/mol. The molecule has 0 aliphatic heterocycles. The highest BCUT2D eigenvalue weighted by molar-refractivity contribution is 7.16. The quantitative estimate of drug-likeness (QED) is 0.745. The minimum atomic E-state index is 0.487. The molecule has 1 N–H and O–H groups in total. The lowest BCUT2D eigenvalue weighted by Crippen LogP contribution is -2.07. The molecule has 0 fully saturated rings. The summed E-state index contributed by atoms with van der Waals surface area (Å²) in [6.07, 6.45) is 2.15. The maximum absolute atomic E-state index is 5.67. The van der Waals surface area contributed by atoms with E-state index in [1.807, 2.05) is 0 Å². The van der Waals surface area contributed by atoms with E-state index in [9.17, 15) is 0 Å². The Morgan fingerprint density at radius 3 is 2.95 bits per heavy atom. The number of nitrogens with one attached hydrogen (secondary N) is 1. The maximum Gasteiger partial charge on any atom is 0.158 e. The van der Waals surface area contributed by atoms with Gasteiger partial charge in [0.2, 0.25) is 0 Å². The third-order valence-corrected chi connectivity index (χ3v) is 3.79. The molecule has 0 bridgehead atoms. The molecular formula is C15H23N3OS. The van der Waals surface area contributed by atoms with Crippen LogP contribution in [0, 0.1) is 5.92 Å². The molecule has 0 spiro atoms. The zero-order valence-corrected chi connectivity index (χ0v) is 13.3. The lowest BCUT2D eigenvalue weighted by atomic mass is 10.1. The van der Waals surface area contributed by atoms with Gasteiger partial charge in [0.05, 0.1) is 5.39 Å². The van der Waals surface area contributed by atoms with Crippen molar-refractivity contribution in [1.82, 2.24) is 9.97 Å². The number of nitrogens with zero attached hydrogens (tertiary/aromatic N) is 2. The topological polar surface area (TPSA) is 47.0 Å². The molecule has 0 aliphatic rings. The van der Waals surface area contributed by atoms with Crippen LogP contribution in [-0.4, -0.2) is 23.1 Å². The lowest BCUT2D eigenvalue weighted by molar-refractivity contribution is 0.106. The van der Waals surface area contributed by atoms with Crippen LogP contribution < -0.4 is 5.32 Å². The van der Waals surface area contributed by atoms with Crippen LogP contribution in [0.25, 0.3) is 10.2 Å². The average molecular weight is 293 g/mol. The van der Waals surface area contributed by atoms with Gasteiger partial charge in [0.15, 0.2) is 5.82 Å². The second kappa shape index (κ2) is 7.55. The Kier molecular flexibility index (Phi) is 5.73. The summed E-state index contributed by atoms with van der Waals surface area (Å²) in [5.41, 5.74) is 0. The molecule has 0 saturated heterocycles. The summed E-state index contributed by atoms with van der Waals surface area (Å²) in [6, 6.07) is 2.07. The van der Waals surface area contributed by atoms with E-state index in [1.54, 1.807) is 11.3 Å². The van der Waals surface area contributed by atoms with Crippen molar-refractivity contribution >= 4 is 27.4 Å². The molecule has 2 aromatic rings. The first-order valence-electron chi connectivity index (χ1n) is 7.26. The number of anilines is 1. The maximum atomic E-state index is 5.67. The van der Waals surface area contributed by atoms with Crippen LogP contribution in [0.3, 0.4) is 0 Å². The van der Waals surface area contributed by atoms with Crippen LogP contribution in [0.1, 0.15) is 39.4 Å². The van der Waals surface area contributed by atoms with Crippen molar-refractivity contribution in [3.63, 3.8) is 0 Å². The Bertz CT molecular complexity index is 539. The normalized spacial score (nSPS) is 11.4. The summed E-state index contributed by atoms with van der Waals surface area (Å²) in [4.78, 5) is 10.2. The first-order valence-corrected chi connectivity index (χ1v) is 8.14. The largest absolute Gasteiger partial charge is 0.373 e. The van der Waals surface area contributed by atoms with Gasteiger partial charge in [-0.3, -0.25) is 0 Å². The Labute approximate surface area is 124 Å². The van der Waals surface area contributed by atoms with E-state index in [-0.39, 0.29) is 0 Å². The summed E-state index contributed by atoms with van der Waals surface area (Å²) in [5.74, 6) is 2.36. The molecule has 2 heterocycles. The zero-order chi connectivity index (χ0) is 14.4. The Morgan fingerprint density at radius 1 is 1.35 bits per heavy atom. The molecule has 110 valence electrons. The van der Waals surface area contributed by atoms with Crippen LogP contribution in [0.15, 0.2) is 11.4 Å². The summed E-state index contributed by atoms with van der Waals surface area (Å²) in [7, 11) is 0. The van der Waals surface area contributed by atoms with Crippen LogP contribution in [0.2, 0.25) is 0 Å². The van der Waals surface area contributed by atoms with Crippen molar-refractivity contribution in [2.24, 2.45) is 5.92 Å². The van der Waals surface area contributed by atoms with Crippen LogP contribution in [-0.2, 0) is 11.3 Å². The number of fused-ring (bicyclic) bond motifs is 1. The van der Waals surface area contributed by atoms with Gasteiger partial charge in [-0.15, -0.1) is 11.3 Å². The van der Waals surface area contributed by atoms with Crippen molar-refractivity contribution < 1.29 is 4.74 Å². The number of aromatic nitrogens is 2. The van der Waals surface area contributed by atoms with Gasteiger partial charge in [-0.05, 0) is 30.2 Å². The van der Waals surface area contributed by atoms with E-state index >= 15 is 0 Å². The van der Waals surface area contributed by atoms with Crippen molar-refractivity contribution in [2.75, 3.05) is 18.5 Å². The van der Waals surface area contributed by atoms with E-state index in [0.717, 1.165) is 47.9 Å². The minimum absolute atomic E-state index is 0.487.